The standard InChI is InChI=1S/C28H25Cl3N4O2/c1-17(32)28(37)34-13-11-33(12-14-34)18-15-21(19-5-2-3-6-22(19)29)20-9-10-26(36)35(25(20)16-18)27-23(30)7-4-8-24(27)31/h2-10,15-17H,11-14,32H2,1H3/t17-/m0/s1. The molecule has 190 valence electrons. The zero-order chi connectivity index (χ0) is 26.3. The minimum atomic E-state index is -0.533. The molecule has 1 amide bonds. The van der Waals surface area contributed by atoms with E-state index in [9.17, 15) is 9.59 Å². The normalized spacial score (nSPS) is 14.7. The molecule has 2 heterocycles. The van der Waals surface area contributed by atoms with Crippen molar-refractivity contribution in [2.24, 2.45) is 5.73 Å². The molecule has 0 spiro atoms. The van der Waals surface area contributed by atoms with Gasteiger partial charge in [0.05, 0.1) is 27.3 Å². The number of carbonyl (C=O) groups is 1. The van der Waals surface area contributed by atoms with Crippen LogP contribution in [0.5, 0.6) is 0 Å². The van der Waals surface area contributed by atoms with Crippen LogP contribution in [0.3, 0.4) is 0 Å². The molecule has 5 rings (SSSR count). The fourth-order valence-electron chi connectivity index (χ4n) is 4.82. The van der Waals surface area contributed by atoms with Crippen LogP contribution in [0.2, 0.25) is 15.1 Å². The SMILES string of the molecule is C[C@H](N)C(=O)N1CCN(c2cc(-c3ccccc3Cl)c3ccc(=O)n(-c4c(Cl)cccc4Cl)c3c2)CC1. The summed E-state index contributed by atoms with van der Waals surface area (Å²) in [6.07, 6.45) is 0. The summed E-state index contributed by atoms with van der Waals surface area (Å²) in [5.41, 5.74) is 9.27. The Labute approximate surface area is 229 Å². The Morgan fingerprint density at radius 3 is 2.14 bits per heavy atom. The summed E-state index contributed by atoms with van der Waals surface area (Å²) in [5.74, 6) is -0.0582. The number of fused-ring (bicyclic) bond motifs is 1. The summed E-state index contributed by atoms with van der Waals surface area (Å²) in [5, 5.41) is 2.17. The zero-order valence-electron chi connectivity index (χ0n) is 20.1. The largest absolute Gasteiger partial charge is 0.368 e. The van der Waals surface area contributed by atoms with E-state index < -0.39 is 6.04 Å². The second-order valence-corrected chi connectivity index (χ2v) is 10.3. The third kappa shape index (κ3) is 4.82. The van der Waals surface area contributed by atoms with Gasteiger partial charge in [-0.15, -0.1) is 0 Å². The molecule has 1 atom stereocenters. The van der Waals surface area contributed by atoms with Crippen LogP contribution in [-0.4, -0.2) is 47.6 Å². The highest BCUT2D eigenvalue weighted by Gasteiger charge is 2.25. The lowest BCUT2D eigenvalue weighted by atomic mass is 9.98. The van der Waals surface area contributed by atoms with Gasteiger partial charge in [-0.2, -0.15) is 0 Å². The van der Waals surface area contributed by atoms with Crippen LogP contribution in [0.25, 0.3) is 27.7 Å². The summed E-state index contributed by atoms with van der Waals surface area (Å²) in [4.78, 5) is 29.7. The first-order valence-electron chi connectivity index (χ1n) is 11.9. The number of carbonyl (C=O) groups excluding carboxylic acids is 1. The summed E-state index contributed by atoms with van der Waals surface area (Å²) in [6, 6.07) is 19.6. The summed E-state index contributed by atoms with van der Waals surface area (Å²) < 4.78 is 1.56. The predicted octanol–water partition coefficient (Wildman–Crippen LogP) is 5.61. The van der Waals surface area contributed by atoms with Crippen molar-refractivity contribution in [3.8, 4) is 16.8 Å². The lowest BCUT2D eigenvalue weighted by Gasteiger charge is -2.37. The fourth-order valence-corrected chi connectivity index (χ4v) is 5.63. The number of anilines is 1. The molecule has 4 aromatic rings. The van der Waals surface area contributed by atoms with Crippen molar-refractivity contribution in [2.45, 2.75) is 13.0 Å². The molecule has 1 aromatic heterocycles. The molecule has 1 aliphatic rings. The molecule has 3 aromatic carbocycles. The number of pyridine rings is 1. The molecule has 0 unspecified atom stereocenters. The van der Waals surface area contributed by atoms with E-state index in [1.807, 2.05) is 30.3 Å². The summed E-state index contributed by atoms with van der Waals surface area (Å²) in [7, 11) is 0. The number of benzene rings is 3. The minimum Gasteiger partial charge on any atom is -0.368 e. The number of rotatable bonds is 4. The topological polar surface area (TPSA) is 71.6 Å². The minimum absolute atomic E-state index is 0.0582. The molecule has 1 saturated heterocycles. The van der Waals surface area contributed by atoms with Crippen LogP contribution in [0.15, 0.2) is 71.5 Å². The highest BCUT2D eigenvalue weighted by Crippen LogP contribution is 2.38. The lowest BCUT2D eigenvalue weighted by Crippen LogP contribution is -2.52. The molecule has 1 fully saturated rings. The highest BCUT2D eigenvalue weighted by atomic mass is 35.5. The molecule has 0 aliphatic carbocycles. The maximum atomic E-state index is 13.3. The van der Waals surface area contributed by atoms with E-state index >= 15 is 0 Å². The maximum absolute atomic E-state index is 13.3. The van der Waals surface area contributed by atoms with Gasteiger partial charge in [-0.05, 0) is 48.9 Å². The van der Waals surface area contributed by atoms with Crippen LogP contribution in [-0.2, 0) is 4.79 Å². The Kier molecular flexibility index (Phi) is 7.19. The van der Waals surface area contributed by atoms with Gasteiger partial charge in [-0.3, -0.25) is 14.2 Å². The first kappa shape index (κ1) is 25.6. The quantitative estimate of drug-likeness (QED) is 0.355. The van der Waals surface area contributed by atoms with Gasteiger partial charge < -0.3 is 15.5 Å². The van der Waals surface area contributed by atoms with E-state index in [4.69, 9.17) is 40.5 Å². The number of hydrogen-bond acceptors (Lipinski definition) is 4. The van der Waals surface area contributed by atoms with Crippen molar-refractivity contribution in [2.75, 3.05) is 31.1 Å². The van der Waals surface area contributed by atoms with Gasteiger partial charge in [-0.25, -0.2) is 0 Å². The van der Waals surface area contributed by atoms with Gasteiger partial charge in [0.2, 0.25) is 5.91 Å². The van der Waals surface area contributed by atoms with Crippen LogP contribution in [0.4, 0.5) is 5.69 Å². The van der Waals surface area contributed by atoms with Crippen LogP contribution < -0.4 is 16.2 Å². The average Bonchev–Trinajstić information content (AvgIpc) is 2.89. The molecule has 1 aliphatic heterocycles. The zero-order valence-corrected chi connectivity index (χ0v) is 22.4. The number of amides is 1. The van der Waals surface area contributed by atoms with Crippen molar-refractivity contribution in [1.29, 1.82) is 0 Å². The molecule has 0 radical (unpaired) electrons. The van der Waals surface area contributed by atoms with Crippen molar-refractivity contribution in [3.63, 3.8) is 0 Å². The smallest absolute Gasteiger partial charge is 0.255 e. The van der Waals surface area contributed by atoms with Crippen molar-refractivity contribution < 1.29 is 4.79 Å². The summed E-state index contributed by atoms with van der Waals surface area (Å²) in [6.45, 7) is 4.05. The Hall–Kier alpha value is -3.03. The third-order valence-corrected chi connectivity index (χ3v) is 7.61. The van der Waals surface area contributed by atoms with Crippen molar-refractivity contribution >= 4 is 57.3 Å². The van der Waals surface area contributed by atoms with Gasteiger partial charge in [0.15, 0.2) is 0 Å². The molecule has 2 N–H and O–H groups in total. The van der Waals surface area contributed by atoms with E-state index in [1.54, 1.807) is 40.7 Å². The van der Waals surface area contributed by atoms with Crippen molar-refractivity contribution in [3.05, 3.63) is 92.2 Å². The molecular formula is C28H25Cl3N4O2. The third-order valence-electron chi connectivity index (χ3n) is 6.67. The monoisotopic (exact) mass is 554 g/mol. The Bertz CT molecular complexity index is 1540. The first-order chi connectivity index (χ1) is 17.8. The van der Waals surface area contributed by atoms with Gasteiger partial charge >= 0.3 is 0 Å². The van der Waals surface area contributed by atoms with E-state index in [2.05, 4.69) is 11.0 Å². The summed E-state index contributed by atoms with van der Waals surface area (Å²) >= 11 is 19.7. The average molecular weight is 556 g/mol. The second-order valence-electron chi connectivity index (χ2n) is 9.08. The Morgan fingerprint density at radius 1 is 0.838 bits per heavy atom. The van der Waals surface area contributed by atoms with E-state index in [1.165, 1.54) is 6.07 Å². The molecular weight excluding hydrogens is 531 g/mol. The first-order valence-corrected chi connectivity index (χ1v) is 13.1. The van der Waals surface area contributed by atoms with Gasteiger partial charge in [0.1, 0.15) is 0 Å². The van der Waals surface area contributed by atoms with E-state index in [-0.39, 0.29) is 11.5 Å². The molecule has 37 heavy (non-hydrogen) atoms. The molecule has 0 bridgehead atoms. The van der Waals surface area contributed by atoms with Crippen LogP contribution >= 0.6 is 34.8 Å². The van der Waals surface area contributed by atoms with Gasteiger partial charge in [-0.1, -0.05) is 59.1 Å². The number of nitrogens with two attached hydrogens (primary N) is 1. The number of hydrogen-bond donors (Lipinski definition) is 1. The number of para-hydroxylation sites is 1. The molecule has 6 nitrogen and oxygen atoms in total. The fraction of sp³-hybridized carbons (Fsp3) is 0.214. The predicted molar refractivity (Wildman–Crippen MR) is 152 cm³/mol. The van der Waals surface area contributed by atoms with E-state index in [0.717, 1.165) is 22.2 Å². The van der Waals surface area contributed by atoms with Crippen LogP contribution in [0, 0.1) is 0 Å². The number of piperazine rings is 1. The number of nitrogens with zero attached hydrogens (tertiary/aromatic N) is 3. The lowest BCUT2D eigenvalue weighted by molar-refractivity contribution is -0.132. The van der Waals surface area contributed by atoms with Gasteiger partial charge in [0, 0.05) is 53.9 Å². The molecule has 9 heteroatoms. The van der Waals surface area contributed by atoms with E-state index in [0.29, 0.717) is 52.5 Å². The molecule has 0 saturated carbocycles. The second kappa shape index (κ2) is 10.4. The maximum Gasteiger partial charge on any atom is 0.255 e. The van der Waals surface area contributed by atoms with Crippen LogP contribution in [0.1, 0.15) is 6.92 Å². The highest BCUT2D eigenvalue weighted by molar-refractivity contribution is 6.38. The number of halogens is 3. The number of aromatic nitrogens is 1. The Morgan fingerprint density at radius 2 is 1.49 bits per heavy atom. The Balaban J connectivity index is 1.72. The van der Waals surface area contributed by atoms with Crippen molar-refractivity contribution in [1.82, 2.24) is 9.47 Å². The van der Waals surface area contributed by atoms with Gasteiger partial charge in [0.25, 0.3) is 5.56 Å².